The van der Waals surface area contributed by atoms with Crippen LogP contribution in [0, 0.1) is 6.92 Å². The van der Waals surface area contributed by atoms with Crippen molar-refractivity contribution in [1.29, 1.82) is 0 Å². The molecular formula is C23H20F3N5O4. The lowest BCUT2D eigenvalue weighted by atomic mass is 10.1. The number of aromatic amines is 1. The van der Waals surface area contributed by atoms with E-state index in [4.69, 9.17) is 9.47 Å². The van der Waals surface area contributed by atoms with Crippen LogP contribution in [0.4, 0.5) is 13.2 Å². The highest BCUT2D eigenvalue weighted by Crippen LogP contribution is 2.31. The van der Waals surface area contributed by atoms with E-state index in [2.05, 4.69) is 20.4 Å². The number of amides is 1. The summed E-state index contributed by atoms with van der Waals surface area (Å²) >= 11 is 0. The molecule has 2 aromatic carbocycles. The fourth-order valence-corrected chi connectivity index (χ4v) is 3.23. The normalized spacial score (nSPS) is 11.5. The first-order valence-electron chi connectivity index (χ1n) is 10.5. The summed E-state index contributed by atoms with van der Waals surface area (Å²) in [5.41, 5.74) is -0.0406. The monoisotopic (exact) mass is 487 g/mol. The van der Waals surface area contributed by atoms with Crippen LogP contribution < -0.4 is 15.7 Å². The van der Waals surface area contributed by atoms with Crippen molar-refractivity contribution >= 4 is 11.6 Å². The van der Waals surface area contributed by atoms with Crippen LogP contribution in [0.3, 0.4) is 0 Å². The summed E-state index contributed by atoms with van der Waals surface area (Å²) < 4.78 is 51.4. The van der Waals surface area contributed by atoms with Crippen LogP contribution in [-0.2, 0) is 17.5 Å². The molecule has 4 aromatic rings. The predicted molar refractivity (Wildman–Crippen MR) is 118 cm³/mol. The standard InChI is InChI=1S/C23H20F3N5O4/c1-14-6-5-7-15(12-14)13-34-11-10-27-20(32)17-18(35-16-8-3-2-4-9-16)19-28-21(23(24,25)26)29-22(33)31(19)30-17/h2-9,12,30H,10-11,13H2,1H3,(H,27,32). The van der Waals surface area contributed by atoms with Gasteiger partial charge in [0.25, 0.3) is 5.91 Å². The van der Waals surface area contributed by atoms with Gasteiger partial charge in [-0.05, 0) is 24.6 Å². The number of halogens is 3. The predicted octanol–water partition coefficient (Wildman–Crippen LogP) is 3.48. The first kappa shape index (κ1) is 24.0. The first-order valence-corrected chi connectivity index (χ1v) is 10.5. The van der Waals surface area contributed by atoms with Gasteiger partial charge in [0.2, 0.25) is 17.2 Å². The summed E-state index contributed by atoms with van der Waals surface area (Å²) in [5, 5.41) is 5.03. The molecule has 35 heavy (non-hydrogen) atoms. The molecule has 0 aliphatic heterocycles. The van der Waals surface area contributed by atoms with E-state index in [1.54, 1.807) is 18.2 Å². The maximum atomic E-state index is 13.2. The molecular weight excluding hydrogens is 467 g/mol. The zero-order chi connectivity index (χ0) is 25.0. The van der Waals surface area contributed by atoms with Crippen molar-refractivity contribution in [2.75, 3.05) is 13.2 Å². The molecule has 0 radical (unpaired) electrons. The lowest BCUT2D eigenvalue weighted by Crippen LogP contribution is -2.28. The van der Waals surface area contributed by atoms with Crippen LogP contribution in [0.2, 0.25) is 0 Å². The minimum absolute atomic E-state index is 0.0964. The van der Waals surface area contributed by atoms with E-state index in [-0.39, 0.29) is 30.3 Å². The van der Waals surface area contributed by atoms with Crippen molar-refractivity contribution in [3.63, 3.8) is 0 Å². The SMILES string of the molecule is Cc1cccc(COCCNC(=O)c2[nH]n3c(=O)nc(C(F)(F)F)nc3c2Oc2ccccc2)c1. The molecule has 0 unspecified atom stereocenters. The number of carbonyl (C=O) groups excluding carboxylic acids is 1. The Morgan fingerprint density at radius 2 is 1.89 bits per heavy atom. The molecule has 182 valence electrons. The minimum Gasteiger partial charge on any atom is -0.451 e. The maximum Gasteiger partial charge on any atom is 0.451 e. The van der Waals surface area contributed by atoms with E-state index < -0.39 is 29.2 Å². The Morgan fingerprint density at radius 1 is 1.11 bits per heavy atom. The fourth-order valence-electron chi connectivity index (χ4n) is 3.23. The first-order chi connectivity index (χ1) is 16.7. The smallest absolute Gasteiger partial charge is 0.451 e. The molecule has 12 heteroatoms. The number of fused-ring (bicyclic) bond motifs is 1. The molecule has 0 aliphatic rings. The van der Waals surface area contributed by atoms with Crippen molar-refractivity contribution in [2.45, 2.75) is 19.7 Å². The molecule has 0 spiro atoms. The van der Waals surface area contributed by atoms with Crippen LogP contribution in [0.1, 0.15) is 27.4 Å². The van der Waals surface area contributed by atoms with Gasteiger partial charge in [0, 0.05) is 6.54 Å². The molecule has 0 aliphatic carbocycles. The lowest BCUT2D eigenvalue weighted by molar-refractivity contribution is -0.145. The molecule has 0 bridgehead atoms. The van der Waals surface area contributed by atoms with Gasteiger partial charge in [-0.25, -0.2) is 9.78 Å². The highest BCUT2D eigenvalue weighted by Gasteiger charge is 2.37. The number of nitrogens with zero attached hydrogens (tertiary/aromatic N) is 3. The van der Waals surface area contributed by atoms with Gasteiger partial charge in [-0.15, -0.1) is 0 Å². The Morgan fingerprint density at radius 3 is 2.60 bits per heavy atom. The highest BCUT2D eigenvalue weighted by atomic mass is 19.4. The molecule has 0 saturated heterocycles. The molecule has 0 atom stereocenters. The zero-order valence-electron chi connectivity index (χ0n) is 18.4. The van der Waals surface area contributed by atoms with Gasteiger partial charge in [0.15, 0.2) is 5.69 Å². The molecule has 1 amide bonds. The van der Waals surface area contributed by atoms with Gasteiger partial charge >= 0.3 is 11.9 Å². The van der Waals surface area contributed by atoms with Crippen molar-refractivity contribution in [2.24, 2.45) is 0 Å². The Kier molecular flexibility index (Phi) is 6.82. The zero-order valence-corrected chi connectivity index (χ0v) is 18.4. The van der Waals surface area contributed by atoms with Crippen LogP contribution in [0.5, 0.6) is 11.5 Å². The van der Waals surface area contributed by atoms with E-state index in [1.165, 1.54) is 12.1 Å². The summed E-state index contributed by atoms with van der Waals surface area (Å²) in [4.78, 5) is 31.4. The molecule has 0 saturated carbocycles. The highest BCUT2D eigenvalue weighted by molar-refractivity contribution is 5.97. The molecule has 2 N–H and O–H groups in total. The number of carbonyl (C=O) groups is 1. The third-order valence-electron chi connectivity index (χ3n) is 4.80. The van der Waals surface area contributed by atoms with Crippen LogP contribution in [0.25, 0.3) is 5.65 Å². The van der Waals surface area contributed by atoms with Crippen LogP contribution in [0.15, 0.2) is 59.4 Å². The molecule has 2 heterocycles. The van der Waals surface area contributed by atoms with Crippen molar-refractivity contribution in [3.8, 4) is 11.5 Å². The number of alkyl halides is 3. The van der Waals surface area contributed by atoms with E-state index in [0.717, 1.165) is 11.1 Å². The Hall–Kier alpha value is -4.19. The second-order valence-corrected chi connectivity index (χ2v) is 7.52. The third-order valence-corrected chi connectivity index (χ3v) is 4.80. The molecule has 0 fully saturated rings. The second-order valence-electron chi connectivity index (χ2n) is 7.52. The van der Waals surface area contributed by atoms with Crippen molar-refractivity contribution in [1.82, 2.24) is 24.9 Å². The van der Waals surface area contributed by atoms with Gasteiger partial charge in [0.1, 0.15) is 5.75 Å². The number of nitrogens with one attached hydrogen (secondary N) is 2. The Bertz CT molecular complexity index is 1400. The Balaban J connectivity index is 1.55. The number of para-hydroxylation sites is 1. The van der Waals surface area contributed by atoms with Gasteiger partial charge in [-0.2, -0.15) is 22.7 Å². The topological polar surface area (TPSA) is 111 Å². The summed E-state index contributed by atoms with van der Waals surface area (Å²) in [5.74, 6) is -2.49. The van der Waals surface area contributed by atoms with Gasteiger partial charge in [-0.1, -0.05) is 48.0 Å². The van der Waals surface area contributed by atoms with Gasteiger partial charge in [0.05, 0.1) is 13.2 Å². The maximum absolute atomic E-state index is 13.2. The number of benzene rings is 2. The number of hydrogen-bond acceptors (Lipinski definition) is 6. The average molecular weight is 487 g/mol. The van der Waals surface area contributed by atoms with E-state index in [0.29, 0.717) is 11.1 Å². The second kappa shape index (κ2) is 9.97. The summed E-state index contributed by atoms with van der Waals surface area (Å²) in [6, 6.07) is 15.8. The van der Waals surface area contributed by atoms with Gasteiger partial charge < -0.3 is 14.8 Å². The molecule has 2 aromatic heterocycles. The number of aromatic nitrogens is 4. The largest absolute Gasteiger partial charge is 0.451 e. The van der Waals surface area contributed by atoms with Crippen LogP contribution >= 0.6 is 0 Å². The molecule has 9 nitrogen and oxygen atoms in total. The third kappa shape index (κ3) is 5.66. The lowest BCUT2D eigenvalue weighted by Gasteiger charge is -2.09. The quantitative estimate of drug-likeness (QED) is 0.368. The summed E-state index contributed by atoms with van der Waals surface area (Å²) in [6.45, 7) is 2.58. The molecule has 4 rings (SSSR count). The van der Waals surface area contributed by atoms with Crippen LogP contribution in [-0.4, -0.2) is 38.6 Å². The average Bonchev–Trinajstić information content (AvgIpc) is 3.18. The summed E-state index contributed by atoms with van der Waals surface area (Å²) in [6.07, 6.45) is -4.97. The van der Waals surface area contributed by atoms with Crippen molar-refractivity contribution in [3.05, 3.63) is 87.7 Å². The fraction of sp³-hybridized carbons (Fsp3) is 0.217. The van der Waals surface area contributed by atoms with E-state index >= 15 is 0 Å². The van der Waals surface area contributed by atoms with E-state index in [1.807, 2.05) is 31.2 Å². The Labute approximate surface area is 196 Å². The van der Waals surface area contributed by atoms with Crippen molar-refractivity contribution < 1.29 is 27.4 Å². The number of rotatable bonds is 8. The summed E-state index contributed by atoms with van der Waals surface area (Å²) in [7, 11) is 0. The number of hydrogen-bond donors (Lipinski definition) is 2. The number of H-pyrrole nitrogens is 1. The van der Waals surface area contributed by atoms with Gasteiger partial charge in [-0.3, -0.25) is 9.89 Å². The minimum atomic E-state index is -4.97. The van der Waals surface area contributed by atoms with E-state index in [9.17, 15) is 22.8 Å². The number of aryl methyl sites for hydroxylation is 1. The number of ether oxygens (including phenoxy) is 2.